The summed E-state index contributed by atoms with van der Waals surface area (Å²) < 4.78 is 5.62. The number of hydrogen-bond acceptors (Lipinski definition) is 3. The molecule has 4 nitrogen and oxygen atoms in total. The van der Waals surface area contributed by atoms with Crippen LogP contribution in [-0.2, 0) is 11.2 Å². The molecule has 24 heavy (non-hydrogen) atoms. The summed E-state index contributed by atoms with van der Waals surface area (Å²) in [6.07, 6.45) is 1.17. The summed E-state index contributed by atoms with van der Waals surface area (Å²) >= 11 is 0. The van der Waals surface area contributed by atoms with E-state index >= 15 is 0 Å². The molecule has 2 rings (SSSR count). The maximum atomic E-state index is 12.2. The summed E-state index contributed by atoms with van der Waals surface area (Å²) in [6.45, 7) is 3.70. The quantitative estimate of drug-likeness (QED) is 0.849. The van der Waals surface area contributed by atoms with Gasteiger partial charge in [0.15, 0.2) is 6.10 Å². The number of hydrogen-bond donors (Lipinski definition) is 1. The average Bonchev–Trinajstić information content (AvgIpc) is 2.61. The Labute approximate surface area is 143 Å². The first-order valence-electron chi connectivity index (χ1n) is 8.09. The Morgan fingerprint density at radius 3 is 2.62 bits per heavy atom. The summed E-state index contributed by atoms with van der Waals surface area (Å²) in [5.41, 5.74) is 1.77. The maximum absolute atomic E-state index is 12.2. The van der Waals surface area contributed by atoms with Gasteiger partial charge >= 0.3 is 0 Å². The summed E-state index contributed by atoms with van der Waals surface area (Å²) in [5.74, 6) is 0.367. The molecule has 0 saturated carbocycles. The Kier molecular flexibility index (Phi) is 6.39. The highest BCUT2D eigenvalue weighted by molar-refractivity contribution is 5.81. The van der Waals surface area contributed by atoms with Crippen molar-refractivity contribution in [3.8, 4) is 11.8 Å². The second kappa shape index (κ2) is 8.73. The predicted octanol–water partition coefficient (Wildman–Crippen LogP) is 3.46. The number of aryl methyl sites for hydroxylation is 1. The van der Waals surface area contributed by atoms with Gasteiger partial charge in [0.25, 0.3) is 5.91 Å². The van der Waals surface area contributed by atoms with Gasteiger partial charge in [-0.05, 0) is 50.5 Å². The third kappa shape index (κ3) is 5.44. The average molecular weight is 322 g/mol. The van der Waals surface area contributed by atoms with Crippen molar-refractivity contribution < 1.29 is 9.53 Å². The van der Waals surface area contributed by atoms with Crippen molar-refractivity contribution in [1.82, 2.24) is 5.32 Å². The molecular weight excluding hydrogens is 300 g/mol. The topological polar surface area (TPSA) is 62.1 Å². The molecule has 0 spiro atoms. The van der Waals surface area contributed by atoms with Crippen LogP contribution in [0.5, 0.6) is 5.75 Å². The van der Waals surface area contributed by atoms with Gasteiger partial charge in [-0.3, -0.25) is 4.79 Å². The number of nitrogens with zero attached hydrogens (tertiary/aromatic N) is 1. The van der Waals surface area contributed by atoms with Crippen LogP contribution in [0.3, 0.4) is 0 Å². The molecule has 0 aliphatic heterocycles. The van der Waals surface area contributed by atoms with Crippen LogP contribution in [0.2, 0.25) is 0 Å². The van der Waals surface area contributed by atoms with E-state index in [0.717, 1.165) is 12.8 Å². The lowest BCUT2D eigenvalue weighted by Crippen LogP contribution is -2.41. The number of amides is 1. The SMILES string of the molecule is C[C@@H](CCc1ccccc1)NC(=O)[C@@H](C)Oc1cccc(C#N)c1. The van der Waals surface area contributed by atoms with Crippen LogP contribution in [0.1, 0.15) is 31.4 Å². The molecule has 0 fully saturated rings. The molecule has 1 N–H and O–H groups in total. The van der Waals surface area contributed by atoms with Crippen LogP contribution < -0.4 is 10.1 Å². The molecule has 0 heterocycles. The molecular formula is C20H22N2O2. The standard InChI is InChI=1S/C20H22N2O2/c1-15(11-12-17-7-4-3-5-8-17)22-20(23)16(2)24-19-10-6-9-18(13-19)14-21/h3-10,13,15-16H,11-12H2,1-2H3,(H,22,23)/t15-,16+/m0/s1. The second-order valence-electron chi connectivity index (χ2n) is 5.83. The summed E-state index contributed by atoms with van der Waals surface area (Å²) in [7, 11) is 0. The molecule has 124 valence electrons. The lowest BCUT2D eigenvalue weighted by atomic mass is 10.1. The van der Waals surface area contributed by atoms with E-state index < -0.39 is 6.10 Å². The van der Waals surface area contributed by atoms with Crippen LogP contribution >= 0.6 is 0 Å². The second-order valence-corrected chi connectivity index (χ2v) is 5.83. The minimum Gasteiger partial charge on any atom is -0.481 e. The van der Waals surface area contributed by atoms with Crippen molar-refractivity contribution in [3.63, 3.8) is 0 Å². The first kappa shape index (κ1) is 17.6. The van der Waals surface area contributed by atoms with Crippen LogP contribution in [0.25, 0.3) is 0 Å². The van der Waals surface area contributed by atoms with Gasteiger partial charge < -0.3 is 10.1 Å². The summed E-state index contributed by atoms with van der Waals surface area (Å²) in [5, 5.41) is 11.9. The third-order valence-corrected chi connectivity index (χ3v) is 3.74. The van der Waals surface area contributed by atoms with E-state index in [9.17, 15) is 4.79 Å². The summed E-state index contributed by atoms with van der Waals surface area (Å²) in [4.78, 5) is 12.2. The van der Waals surface area contributed by atoms with Crippen molar-refractivity contribution in [2.24, 2.45) is 0 Å². The molecule has 0 aromatic heterocycles. The molecule has 0 bridgehead atoms. The minimum absolute atomic E-state index is 0.0641. The van der Waals surface area contributed by atoms with Gasteiger partial charge in [-0.25, -0.2) is 0 Å². The number of nitrogens with one attached hydrogen (secondary N) is 1. The van der Waals surface area contributed by atoms with Crippen molar-refractivity contribution in [3.05, 3.63) is 65.7 Å². The molecule has 0 aliphatic carbocycles. The van der Waals surface area contributed by atoms with Gasteiger partial charge in [0.05, 0.1) is 11.6 Å². The fourth-order valence-electron chi connectivity index (χ4n) is 2.36. The maximum Gasteiger partial charge on any atom is 0.260 e. The Balaban J connectivity index is 1.81. The Bertz CT molecular complexity index is 707. The Morgan fingerprint density at radius 1 is 1.17 bits per heavy atom. The Morgan fingerprint density at radius 2 is 1.92 bits per heavy atom. The number of carbonyl (C=O) groups is 1. The van der Waals surface area contributed by atoms with Crippen LogP contribution in [0.15, 0.2) is 54.6 Å². The van der Waals surface area contributed by atoms with Gasteiger partial charge in [-0.15, -0.1) is 0 Å². The highest BCUT2D eigenvalue weighted by Gasteiger charge is 2.17. The number of carbonyl (C=O) groups excluding carboxylic acids is 1. The van der Waals surface area contributed by atoms with Crippen LogP contribution in [0, 0.1) is 11.3 Å². The molecule has 2 aromatic rings. The highest BCUT2D eigenvalue weighted by Crippen LogP contribution is 2.14. The van der Waals surface area contributed by atoms with Gasteiger partial charge in [-0.2, -0.15) is 5.26 Å². The van der Waals surface area contributed by atoms with Crippen LogP contribution in [0.4, 0.5) is 0 Å². The first-order valence-corrected chi connectivity index (χ1v) is 8.09. The first-order chi connectivity index (χ1) is 11.6. The van der Waals surface area contributed by atoms with Crippen molar-refractivity contribution in [2.45, 2.75) is 38.8 Å². The van der Waals surface area contributed by atoms with E-state index in [1.54, 1.807) is 31.2 Å². The highest BCUT2D eigenvalue weighted by atomic mass is 16.5. The molecule has 0 radical (unpaired) electrons. The number of rotatable bonds is 7. The number of benzene rings is 2. The predicted molar refractivity (Wildman–Crippen MR) is 93.6 cm³/mol. The molecule has 0 unspecified atom stereocenters. The zero-order valence-electron chi connectivity index (χ0n) is 14.0. The minimum atomic E-state index is -0.613. The number of ether oxygens (including phenoxy) is 1. The fraction of sp³-hybridized carbons (Fsp3) is 0.300. The van der Waals surface area contributed by atoms with E-state index in [4.69, 9.17) is 10.00 Å². The molecule has 2 aromatic carbocycles. The largest absolute Gasteiger partial charge is 0.481 e. The molecule has 1 amide bonds. The molecule has 0 saturated heterocycles. The third-order valence-electron chi connectivity index (χ3n) is 3.74. The zero-order chi connectivity index (χ0) is 17.4. The molecule has 4 heteroatoms. The molecule has 0 aliphatic rings. The van der Waals surface area contributed by atoms with Gasteiger partial charge in [0.2, 0.25) is 0 Å². The number of nitriles is 1. The van der Waals surface area contributed by atoms with E-state index in [1.807, 2.05) is 25.1 Å². The lowest BCUT2D eigenvalue weighted by Gasteiger charge is -2.19. The smallest absolute Gasteiger partial charge is 0.260 e. The van der Waals surface area contributed by atoms with Crippen LogP contribution in [-0.4, -0.2) is 18.1 Å². The van der Waals surface area contributed by atoms with Crippen molar-refractivity contribution in [2.75, 3.05) is 0 Å². The summed E-state index contributed by atoms with van der Waals surface area (Å²) in [6, 6.07) is 19.1. The van der Waals surface area contributed by atoms with E-state index in [0.29, 0.717) is 11.3 Å². The van der Waals surface area contributed by atoms with Gasteiger partial charge in [-0.1, -0.05) is 36.4 Å². The zero-order valence-corrected chi connectivity index (χ0v) is 14.0. The van der Waals surface area contributed by atoms with Crippen molar-refractivity contribution >= 4 is 5.91 Å². The van der Waals surface area contributed by atoms with Gasteiger partial charge in [0.1, 0.15) is 5.75 Å². The Hall–Kier alpha value is -2.80. The van der Waals surface area contributed by atoms with Gasteiger partial charge in [0, 0.05) is 6.04 Å². The lowest BCUT2D eigenvalue weighted by molar-refractivity contribution is -0.127. The van der Waals surface area contributed by atoms with E-state index in [2.05, 4.69) is 23.5 Å². The van der Waals surface area contributed by atoms with E-state index in [-0.39, 0.29) is 11.9 Å². The van der Waals surface area contributed by atoms with Crippen molar-refractivity contribution in [1.29, 1.82) is 5.26 Å². The fourth-order valence-corrected chi connectivity index (χ4v) is 2.36. The van der Waals surface area contributed by atoms with E-state index in [1.165, 1.54) is 5.56 Å². The molecule has 2 atom stereocenters. The normalized spacial score (nSPS) is 12.7. The monoisotopic (exact) mass is 322 g/mol.